The monoisotopic (exact) mass is 412 g/mol. The molecule has 0 aliphatic rings. The quantitative estimate of drug-likeness (QED) is 0.219. The third kappa shape index (κ3) is 3.27. The molecule has 2 heteroatoms. The summed E-state index contributed by atoms with van der Waals surface area (Å²) in [4.78, 5) is 0. The van der Waals surface area contributed by atoms with E-state index in [2.05, 4.69) is 126 Å². The van der Waals surface area contributed by atoms with Crippen LogP contribution in [-0.2, 0) is 6.54 Å². The molecule has 0 aliphatic carbocycles. The molecule has 5 aromatic carbocycles. The molecule has 0 saturated heterocycles. The van der Waals surface area contributed by atoms with Crippen LogP contribution in [0.3, 0.4) is 0 Å². The Labute approximate surface area is 186 Å². The van der Waals surface area contributed by atoms with Gasteiger partial charge < -0.3 is 4.74 Å². The van der Waals surface area contributed by atoms with E-state index < -0.39 is 0 Å². The van der Waals surface area contributed by atoms with Crippen molar-refractivity contribution in [2.75, 3.05) is 0 Å². The number of fused-ring (bicyclic) bond motifs is 3. The predicted octanol–water partition coefficient (Wildman–Crippen LogP) is 7.27. The molecule has 6 rings (SSSR count). The van der Waals surface area contributed by atoms with Gasteiger partial charge in [-0.25, -0.2) is 0 Å². The summed E-state index contributed by atoms with van der Waals surface area (Å²) in [5.74, 6) is 1.73. The maximum Gasteiger partial charge on any atom is 0.374 e. The molecule has 2 nitrogen and oxygen atoms in total. The lowest BCUT2D eigenvalue weighted by atomic mass is 10.0. The molecule has 0 saturated carbocycles. The van der Waals surface area contributed by atoms with Crippen LogP contribution in [0.15, 0.2) is 121 Å². The van der Waals surface area contributed by atoms with Crippen molar-refractivity contribution >= 4 is 32.4 Å². The Morgan fingerprint density at radius 1 is 0.531 bits per heavy atom. The largest absolute Gasteiger partial charge is 0.404 e. The highest BCUT2D eigenvalue weighted by Gasteiger charge is 2.20. The van der Waals surface area contributed by atoms with Gasteiger partial charge in [-0.15, -0.1) is 0 Å². The minimum Gasteiger partial charge on any atom is -0.404 e. The fourth-order valence-electron chi connectivity index (χ4n) is 4.45. The van der Waals surface area contributed by atoms with Crippen LogP contribution in [0.4, 0.5) is 0 Å². The molecule has 32 heavy (non-hydrogen) atoms. The van der Waals surface area contributed by atoms with E-state index in [0.29, 0.717) is 0 Å². The van der Waals surface area contributed by atoms with Gasteiger partial charge in [-0.3, -0.25) is 0 Å². The molecule has 0 bridgehead atoms. The summed E-state index contributed by atoms with van der Waals surface area (Å²) >= 11 is 0. The summed E-state index contributed by atoms with van der Waals surface area (Å²) in [7, 11) is 0. The summed E-state index contributed by atoms with van der Waals surface area (Å²) < 4.78 is 9.04. The maximum absolute atomic E-state index is 6.78. The Bertz CT molecular complexity index is 1520. The molecular weight excluding hydrogens is 390 g/mol. The first-order valence-electron chi connectivity index (χ1n) is 10.9. The van der Waals surface area contributed by atoms with Crippen LogP contribution in [0, 0.1) is 0 Å². The minimum atomic E-state index is 0.736. The predicted molar refractivity (Wildman–Crippen MR) is 131 cm³/mol. The average Bonchev–Trinajstić information content (AvgIpc) is 2.86. The number of nitrogens with zero attached hydrogens (tertiary/aromatic N) is 1. The lowest BCUT2D eigenvalue weighted by Crippen LogP contribution is -2.36. The Hall–Kier alpha value is -4.17. The van der Waals surface area contributed by atoms with E-state index in [1.54, 1.807) is 0 Å². The highest BCUT2D eigenvalue weighted by molar-refractivity contribution is 6.05. The molecule has 0 amide bonds. The van der Waals surface area contributed by atoms with Crippen molar-refractivity contribution in [3.05, 3.63) is 127 Å². The van der Waals surface area contributed by atoms with E-state index in [1.165, 1.54) is 21.7 Å². The highest BCUT2D eigenvalue weighted by Crippen LogP contribution is 2.37. The van der Waals surface area contributed by atoms with Gasteiger partial charge in [0.05, 0.1) is 6.07 Å². The molecule has 0 fully saturated rings. The van der Waals surface area contributed by atoms with Crippen molar-refractivity contribution < 1.29 is 9.30 Å². The zero-order chi connectivity index (χ0) is 21.3. The van der Waals surface area contributed by atoms with Crippen LogP contribution >= 0.6 is 0 Å². The number of aromatic nitrogens is 1. The maximum atomic E-state index is 6.78. The van der Waals surface area contributed by atoms with Crippen LogP contribution in [-0.4, -0.2) is 0 Å². The van der Waals surface area contributed by atoms with Crippen LogP contribution in [0.2, 0.25) is 0 Å². The van der Waals surface area contributed by atoms with Gasteiger partial charge in [-0.1, -0.05) is 91.0 Å². The number of pyridine rings is 1. The molecule has 0 atom stereocenters. The SMILES string of the molecule is c1ccc(C[n+]2c(Oc3c4ccccc4cc4ccccc34)ccc3ccccc32)cc1. The third-order valence-electron chi connectivity index (χ3n) is 6.01. The molecule has 0 spiro atoms. The standard InChI is InChI=1S/C30H22NO/c1-2-10-22(11-3-1)21-31-28-17-9-6-12-23(28)18-19-29(31)32-30-26-15-7-4-13-24(26)20-25-14-5-8-16-27(25)30/h1-20H,21H2/q+1. The van der Waals surface area contributed by atoms with Crippen LogP contribution in [0.1, 0.15) is 5.56 Å². The second kappa shape index (κ2) is 7.82. The fraction of sp³-hybridized carbons (Fsp3) is 0.0333. The summed E-state index contributed by atoms with van der Waals surface area (Å²) in [5, 5.41) is 5.78. The second-order valence-corrected chi connectivity index (χ2v) is 8.05. The number of hydrogen-bond donors (Lipinski definition) is 0. The van der Waals surface area contributed by atoms with Crippen molar-refractivity contribution in [1.82, 2.24) is 0 Å². The minimum absolute atomic E-state index is 0.736. The Kier molecular flexibility index (Phi) is 4.54. The second-order valence-electron chi connectivity index (χ2n) is 8.05. The summed E-state index contributed by atoms with van der Waals surface area (Å²) in [5.41, 5.74) is 2.39. The van der Waals surface area contributed by atoms with E-state index in [4.69, 9.17) is 4.74 Å². The summed E-state index contributed by atoms with van der Waals surface area (Å²) in [6.07, 6.45) is 0. The summed E-state index contributed by atoms with van der Waals surface area (Å²) in [6.45, 7) is 0.736. The Balaban J connectivity index is 1.58. The van der Waals surface area contributed by atoms with Crippen molar-refractivity contribution in [3.8, 4) is 11.6 Å². The first-order chi connectivity index (χ1) is 15.9. The zero-order valence-corrected chi connectivity index (χ0v) is 17.6. The smallest absolute Gasteiger partial charge is 0.374 e. The van der Waals surface area contributed by atoms with Crippen molar-refractivity contribution in [2.24, 2.45) is 0 Å². The lowest BCUT2D eigenvalue weighted by molar-refractivity contribution is -0.666. The first-order valence-corrected chi connectivity index (χ1v) is 10.9. The lowest BCUT2D eigenvalue weighted by Gasteiger charge is -2.13. The molecule has 0 aliphatic heterocycles. The van der Waals surface area contributed by atoms with E-state index in [9.17, 15) is 0 Å². The number of rotatable bonds is 4. The van der Waals surface area contributed by atoms with Gasteiger partial charge in [0.2, 0.25) is 5.52 Å². The number of benzene rings is 5. The van der Waals surface area contributed by atoms with Gasteiger partial charge in [-0.05, 0) is 29.0 Å². The zero-order valence-electron chi connectivity index (χ0n) is 17.6. The van der Waals surface area contributed by atoms with Crippen molar-refractivity contribution in [1.29, 1.82) is 0 Å². The molecule has 152 valence electrons. The molecule has 0 radical (unpaired) electrons. The molecule has 6 aromatic rings. The van der Waals surface area contributed by atoms with Gasteiger partial charge in [0.15, 0.2) is 6.54 Å². The van der Waals surface area contributed by atoms with Crippen LogP contribution < -0.4 is 9.30 Å². The molecule has 0 unspecified atom stereocenters. The molecule has 1 aromatic heterocycles. The van der Waals surface area contributed by atoms with E-state index in [0.717, 1.165) is 34.5 Å². The van der Waals surface area contributed by atoms with Crippen molar-refractivity contribution in [2.45, 2.75) is 6.54 Å². The number of hydrogen-bond acceptors (Lipinski definition) is 1. The first kappa shape index (κ1) is 18.6. The van der Waals surface area contributed by atoms with Crippen molar-refractivity contribution in [3.63, 3.8) is 0 Å². The topological polar surface area (TPSA) is 13.1 Å². The van der Waals surface area contributed by atoms with Gasteiger partial charge in [-0.2, -0.15) is 4.57 Å². The van der Waals surface area contributed by atoms with Crippen LogP contribution in [0.5, 0.6) is 11.6 Å². The summed E-state index contributed by atoms with van der Waals surface area (Å²) in [6, 6.07) is 42.3. The number of para-hydroxylation sites is 1. The fourth-order valence-corrected chi connectivity index (χ4v) is 4.45. The van der Waals surface area contributed by atoms with Crippen LogP contribution in [0.25, 0.3) is 32.4 Å². The molecule has 0 N–H and O–H groups in total. The Morgan fingerprint density at radius 2 is 1.12 bits per heavy atom. The third-order valence-corrected chi connectivity index (χ3v) is 6.01. The highest BCUT2D eigenvalue weighted by atomic mass is 16.5. The van der Waals surface area contributed by atoms with E-state index in [-0.39, 0.29) is 0 Å². The number of ether oxygens (including phenoxy) is 1. The van der Waals surface area contributed by atoms with Gasteiger partial charge in [0.1, 0.15) is 5.75 Å². The van der Waals surface area contributed by atoms with E-state index >= 15 is 0 Å². The van der Waals surface area contributed by atoms with Gasteiger partial charge in [0.25, 0.3) is 0 Å². The van der Waals surface area contributed by atoms with Gasteiger partial charge in [0, 0.05) is 27.8 Å². The van der Waals surface area contributed by atoms with E-state index in [1.807, 2.05) is 0 Å². The average molecular weight is 413 g/mol. The van der Waals surface area contributed by atoms with Gasteiger partial charge >= 0.3 is 5.88 Å². The normalized spacial score (nSPS) is 11.2. The molecular formula is C30H22NO+. The molecule has 1 heterocycles. The Morgan fingerprint density at radius 3 is 1.84 bits per heavy atom.